The lowest BCUT2D eigenvalue weighted by molar-refractivity contribution is -0.142. The van der Waals surface area contributed by atoms with E-state index in [1.807, 2.05) is 12.1 Å². The van der Waals surface area contributed by atoms with E-state index in [0.29, 0.717) is 5.82 Å². The molecule has 2 rings (SSSR count). The van der Waals surface area contributed by atoms with Gasteiger partial charge < -0.3 is 10.8 Å². The molecular weight excluding hydrogens is 216 g/mol. The minimum Gasteiger partial charge on any atom is -0.481 e. The van der Waals surface area contributed by atoms with E-state index in [9.17, 15) is 9.90 Å². The van der Waals surface area contributed by atoms with E-state index in [-0.39, 0.29) is 11.8 Å². The van der Waals surface area contributed by atoms with Crippen molar-refractivity contribution in [2.24, 2.45) is 5.92 Å². The number of hydrogen-bond acceptors (Lipinski definition) is 3. The van der Waals surface area contributed by atoms with Gasteiger partial charge >= 0.3 is 5.97 Å². The van der Waals surface area contributed by atoms with Gasteiger partial charge in [0.1, 0.15) is 5.82 Å². The largest absolute Gasteiger partial charge is 0.481 e. The molecule has 2 atom stereocenters. The quantitative estimate of drug-likeness (QED) is 0.770. The van der Waals surface area contributed by atoms with Crippen LogP contribution in [-0.4, -0.2) is 16.1 Å². The normalized spacial score (nSPS) is 25.2. The molecule has 92 valence electrons. The minimum absolute atomic E-state index is 0.0173. The van der Waals surface area contributed by atoms with Crippen LogP contribution in [0.25, 0.3) is 0 Å². The van der Waals surface area contributed by atoms with E-state index in [1.54, 1.807) is 6.20 Å². The lowest BCUT2D eigenvalue weighted by atomic mass is 9.82. The first-order chi connectivity index (χ1) is 8.20. The summed E-state index contributed by atoms with van der Waals surface area (Å²) in [6.07, 6.45) is 6.46. The van der Waals surface area contributed by atoms with Gasteiger partial charge in [-0.05, 0) is 24.5 Å². The Balaban J connectivity index is 2.32. The number of pyridine rings is 1. The maximum Gasteiger partial charge on any atom is 0.307 e. The molecule has 1 heterocycles. The van der Waals surface area contributed by atoms with Crippen LogP contribution >= 0.6 is 0 Å². The summed E-state index contributed by atoms with van der Waals surface area (Å²) in [7, 11) is 0. The van der Waals surface area contributed by atoms with Gasteiger partial charge in [0.25, 0.3) is 0 Å². The maximum absolute atomic E-state index is 11.3. The summed E-state index contributed by atoms with van der Waals surface area (Å²) in [5.41, 5.74) is 6.77. The number of carboxylic acid groups (broad SMARTS) is 1. The molecule has 0 amide bonds. The molecule has 0 spiro atoms. The van der Waals surface area contributed by atoms with E-state index < -0.39 is 5.97 Å². The van der Waals surface area contributed by atoms with Crippen LogP contribution < -0.4 is 5.73 Å². The first kappa shape index (κ1) is 11.9. The highest BCUT2D eigenvalue weighted by Crippen LogP contribution is 2.38. The lowest BCUT2D eigenvalue weighted by Gasteiger charge is -2.22. The van der Waals surface area contributed by atoms with E-state index in [2.05, 4.69) is 4.98 Å². The fraction of sp³-hybridized carbons (Fsp3) is 0.538. The Morgan fingerprint density at radius 1 is 1.35 bits per heavy atom. The number of aliphatic carboxylic acids is 1. The summed E-state index contributed by atoms with van der Waals surface area (Å²) in [6, 6.07) is 3.74. The molecular formula is C13H18N2O2. The zero-order valence-corrected chi connectivity index (χ0v) is 9.80. The highest BCUT2D eigenvalue weighted by molar-refractivity contribution is 5.72. The molecule has 0 radical (unpaired) electrons. The van der Waals surface area contributed by atoms with Gasteiger partial charge in [0.2, 0.25) is 0 Å². The highest BCUT2D eigenvalue weighted by Gasteiger charge is 2.31. The van der Waals surface area contributed by atoms with Crippen molar-refractivity contribution in [3.05, 3.63) is 23.9 Å². The number of carboxylic acids is 1. The predicted molar refractivity (Wildman–Crippen MR) is 65.6 cm³/mol. The Kier molecular flexibility index (Phi) is 3.61. The Labute approximate surface area is 101 Å². The number of nitrogens with zero attached hydrogens (tertiary/aromatic N) is 1. The van der Waals surface area contributed by atoms with Crippen LogP contribution in [0.15, 0.2) is 18.3 Å². The number of nitrogen functional groups attached to an aromatic ring is 1. The SMILES string of the molecule is Nc1ncccc1C1CCCCCC1C(=O)O. The van der Waals surface area contributed by atoms with Crippen molar-refractivity contribution in [2.75, 3.05) is 5.73 Å². The Morgan fingerprint density at radius 2 is 2.12 bits per heavy atom. The smallest absolute Gasteiger partial charge is 0.307 e. The molecule has 1 aromatic rings. The van der Waals surface area contributed by atoms with E-state index in [1.165, 1.54) is 0 Å². The van der Waals surface area contributed by atoms with E-state index in [0.717, 1.165) is 37.7 Å². The van der Waals surface area contributed by atoms with Crippen LogP contribution in [0, 0.1) is 5.92 Å². The average molecular weight is 234 g/mol. The number of aromatic nitrogens is 1. The number of nitrogens with two attached hydrogens (primary N) is 1. The third kappa shape index (κ3) is 2.57. The molecule has 1 aliphatic rings. The summed E-state index contributed by atoms with van der Waals surface area (Å²) in [5.74, 6) is -0.529. The van der Waals surface area contributed by atoms with Crippen LogP contribution in [0.3, 0.4) is 0 Å². The molecule has 1 saturated carbocycles. The summed E-state index contributed by atoms with van der Waals surface area (Å²) in [6.45, 7) is 0. The van der Waals surface area contributed by atoms with Crippen molar-refractivity contribution in [3.63, 3.8) is 0 Å². The molecule has 1 aromatic heterocycles. The first-order valence-corrected chi connectivity index (χ1v) is 6.13. The topological polar surface area (TPSA) is 76.2 Å². The Bertz CT molecular complexity index is 406. The molecule has 3 N–H and O–H groups in total. The highest BCUT2D eigenvalue weighted by atomic mass is 16.4. The van der Waals surface area contributed by atoms with Gasteiger partial charge in [0, 0.05) is 12.1 Å². The van der Waals surface area contributed by atoms with Gasteiger partial charge in [-0.2, -0.15) is 0 Å². The lowest BCUT2D eigenvalue weighted by Crippen LogP contribution is -2.22. The van der Waals surface area contributed by atoms with Gasteiger partial charge in [-0.25, -0.2) is 4.98 Å². The van der Waals surface area contributed by atoms with E-state index >= 15 is 0 Å². The second kappa shape index (κ2) is 5.17. The summed E-state index contributed by atoms with van der Waals surface area (Å²) in [4.78, 5) is 15.4. The van der Waals surface area contributed by atoms with Gasteiger partial charge in [-0.3, -0.25) is 4.79 Å². The molecule has 0 aliphatic heterocycles. The van der Waals surface area contributed by atoms with Gasteiger partial charge in [0.05, 0.1) is 5.92 Å². The number of rotatable bonds is 2. The predicted octanol–water partition coefficient (Wildman–Crippen LogP) is 2.41. The summed E-state index contributed by atoms with van der Waals surface area (Å²) >= 11 is 0. The second-order valence-corrected chi connectivity index (χ2v) is 4.67. The number of anilines is 1. The minimum atomic E-state index is -0.708. The van der Waals surface area contributed by atoms with Crippen molar-refractivity contribution < 1.29 is 9.90 Å². The Morgan fingerprint density at radius 3 is 2.82 bits per heavy atom. The standard InChI is InChI=1S/C13H18N2O2/c14-12-10(7-4-8-15-12)9-5-2-1-3-6-11(9)13(16)17/h4,7-9,11H,1-3,5-6H2,(H2,14,15)(H,16,17). The molecule has 0 saturated heterocycles. The zero-order valence-electron chi connectivity index (χ0n) is 9.80. The molecule has 1 aliphatic carbocycles. The van der Waals surface area contributed by atoms with Crippen molar-refractivity contribution in [1.29, 1.82) is 0 Å². The first-order valence-electron chi connectivity index (χ1n) is 6.13. The molecule has 1 fully saturated rings. The van der Waals surface area contributed by atoms with Crippen LogP contribution in [0.4, 0.5) is 5.82 Å². The molecule has 0 bridgehead atoms. The molecule has 4 heteroatoms. The van der Waals surface area contributed by atoms with Crippen LogP contribution in [0.1, 0.15) is 43.6 Å². The van der Waals surface area contributed by atoms with E-state index in [4.69, 9.17) is 5.73 Å². The van der Waals surface area contributed by atoms with Crippen LogP contribution in [-0.2, 0) is 4.79 Å². The van der Waals surface area contributed by atoms with Gasteiger partial charge in [-0.1, -0.05) is 25.3 Å². The van der Waals surface area contributed by atoms with Crippen LogP contribution in [0.2, 0.25) is 0 Å². The van der Waals surface area contributed by atoms with Gasteiger partial charge in [-0.15, -0.1) is 0 Å². The van der Waals surface area contributed by atoms with Crippen molar-refractivity contribution in [2.45, 2.75) is 38.0 Å². The average Bonchev–Trinajstić information content (AvgIpc) is 2.55. The maximum atomic E-state index is 11.3. The van der Waals surface area contributed by atoms with Crippen molar-refractivity contribution >= 4 is 11.8 Å². The van der Waals surface area contributed by atoms with Gasteiger partial charge in [0.15, 0.2) is 0 Å². The molecule has 17 heavy (non-hydrogen) atoms. The van der Waals surface area contributed by atoms with Crippen molar-refractivity contribution in [3.8, 4) is 0 Å². The van der Waals surface area contributed by atoms with Crippen LogP contribution in [0.5, 0.6) is 0 Å². The second-order valence-electron chi connectivity index (χ2n) is 4.67. The fourth-order valence-electron chi connectivity index (χ4n) is 2.72. The Hall–Kier alpha value is -1.58. The van der Waals surface area contributed by atoms with Crippen molar-refractivity contribution in [1.82, 2.24) is 4.98 Å². The molecule has 0 aromatic carbocycles. The third-order valence-electron chi connectivity index (χ3n) is 3.60. The summed E-state index contributed by atoms with van der Waals surface area (Å²) in [5, 5.41) is 9.32. The summed E-state index contributed by atoms with van der Waals surface area (Å²) < 4.78 is 0. The molecule has 4 nitrogen and oxygen atoms in total. The fourth-order valence-corrected chi connectivity index (χ4v) is 2.72. The number of hydrogen-bond donors (Lipinski definition) is 2. The monoisotopic (exact) mass is 234 g/mol. The molecule has 2 unspecified atom stereocenters. The zero-order chi connectivity index (χ0) is 12.3. The third-order valence-corrected chi connectivity index (χ3v) is 3.60. The number of carbonyl (C=O) groups is 1.